The topological polar surface area (TPSA) is 53.1 Å². The minimum absolute atomic E-state index is 0.588. The molecule has 5 nitrogen and oxygen atoms in total. The average Bonchev–Trinajstić information content (AvgIpc) is 3.04. The van der Waals surface area contributed by atoms with E-state index in [1.807, 2.05) is 19.3 Å². The average molecular weight is 233 g/mol. The SMILES string of the molecule is CN[C@H]1CCN(c2ccnc(NC3CC3)n2)C1. The van der Waals surface area contributed by atoms with Crippen LogP contribution in [0.15, 0.2) is 12.3 Å². The maximum Gasteiger partial charge on any atom is 0.224 e. The summed E-state index contributed by atoms with van der Waals surface area (Å²) in [5, 5.41) is 6.66. The van der Waals surface area contributed by atoms with Crippen LogP contribution in [0.2, 0.25) is 0 Å². The van der Waals surface area contributed by atoms with E-state index in [0.29, 0.717) is 12.1 Å². The van der Waals surface area contributed by atoms with Gasteiger partial charge < -0.3 is 15.5 Å². The van der Waals surface area contributed by atoms with Gasteiger partial charge in [-0.3, -0.25) is 0 Å². The lowest BCUT2D eigenvalue weighted by atomic mass is 10.3. The molecule has 0 radical (unpaired) electrons. The smallest absolute Gasteiger partial charge is 0.224 e. The first-order valence-corrected chi connectivity index (χ1v) is 6.37. The van der Waals surface area contributed by atoms with Crippen LogP contribution in [0.1, 0.15) is 19.3 Å². The predicted molar refractivity (Wildman–Crippen MR) is 68.4 cm³/mol. The molecule has 1 aliphatic heterocycles. The van der Waals surface area contributed by atoms with Crippen LogP contribution in [0.5, 0.6) is 0 Å². The van der Waals surface area contributed by atoms with Crippen LogP contribution in [0, 0.1) is 0 Å². The molecular weight excluding hydrogens is 214 g/mol. The fourth-order valence-corrected chi connectivity index (χ4v) is 2.21. The molecule has 1 aliphatic carbocycles. The van der Waals surface area contributed by atoms with Gasteiger partial charge in [-0.15, -0.1) is 0 Å². The summed E-state index contributed by atoms with van der Waals surface area (Å²) in [4.78, 5) is 11.2. The molecule has 0 spiro atoms. The number of anilines is 2. The molecule has 17 heavy (non-hydrogen) atoms. The van der Waals surface area contributed by atoms with Crippen molar-refractivity contribution >= 4 is 11.8 Å². The molecule has 1 atom stereocenters. The molecule has 1 saturated carbocycles. The second-order valence-electron chi connectivity index (χ2n) is 4.88. The number of aromatic nitrogens is 2. The van der Waals surface area contributed by atoms with Crippen LogP contribution < -0.4 is 15.5 Å². The minimum Gasteiger partial charge on any atom is -0.355 e. The van der Waals surface area contributed by atoms with Gasteiger partial charge in [-0.2, -0.15) is 4.98 Å². The number of hydrogen-bond donors (Lipinski definition) is 2. The van der Waals surface area contributed by atoms with Gasteiger partial charge in [0.25, 0.3) is 0 Å². The second kappa shape index (κ2) is 4.49. The van der Waals surface area contributed by atoms with Gasteiger partial charge in [0.1, 0.15) is 5.82 Å². The summed E-state index contributed by atoms with van der Waals surface area (Å²) in [5.74, 6) is 1.82. The second-order valence-corrected chi connectivity index (χ2v) is 4.88. The van der Waals surface area contributed by atoms with Gasteiger partial charge in [-0.1, -0.05) is 0 Å². The zero-order chi connectivity index (χ0) is 11.7. The van der Waals surface area contributed by atoms with Gasteiger partial charge >= 0.3 is 0 Å². The third kappa shape index (κ3) is 2.49. The molecule has 2 heterocycles. The predicted octanol–water partition coefficient (Wildman–Crippen LogP) is 0.849. The van der Waals surface area contributed by atoms with Crippen molar-refractivity contribution in [2.45, 2.75) is 31.3 Å². The van der Waals surface area contributed by atoms with Crippen molar-refractivity contribution in [3.05, 3.63) is 12.3 Å². The molecule has 1 aromatic rings. The Labute approximate surface area is 102 Å². The molecule has 0 aromatic carbocycles. The van der Waals surface area contributed by atoms with Crippen molar-refractivity contribution in [1.82, 2.24) is 15.3 Å². The van der Waals surface area contributed by atoms with E-state index >= 15 is 0 Å². The number of hydrogen-bond acceptors (Lipinski definition) is 5. The third-order valence-corrected chi connectivity index (χ3v) is 3.47. The summed E-state index contributed by atoms with van der Waals surface area (Å²) in [5.41, 5.74) is 0. The van der Waals surface area contributed by atoms with Gasteiger partial charge in [0.2, 0.25) is 5.95 Å². The Balaban J connectivity index is 1.69. The summed E-state index contributed by atoms with van der Waals surface area (Å²) in [6, 6.07) is 3.19. The Morgan fingerprint density at radius 2 is 2.18 bits per heavy atom. The molecule has 1 saturated heterocycles. The highest BCUT2D eigenvalue weighted by molar-refractivity contribution is 5.44. The maximum atomic E-state index is 4.58. The third-order valence-electron chi connectivity index (χ3n) is 3.47. The lowest BCUT2D eigenvalue weighted by molar-refractivity contribution is 0.616. The van der Waals surface area contributed by atoms with Crippen LogP contribution in [0.4, 0.5) is 11.8 Å². The molecule has 5 heteroatoms. The van der Waals surface area contributed by atoms with E-state index in [1.165, 1.54) is 19.3 Å². The molecule has 1 aromatic heterocycles. The number of rotatable bonds is 4. The van der Waals surface area contributed by atoms with E-state index in [0.717, 1.165) is 24.9 Å². The van der Waals surface area contributed by atoms with Gasteiger partial charge in [-0.25, -0.2) is 4.98 Å². The first-order chi connectivity index (χ1) is 8.35. The lowest BCUT2D eigenvalue weighted by Gasteiger charge is -2.17. The maximum absolute atomic E-state index is 4.58. The quantitative estimate of drug-likeness (QED) is 0.807. The van der Waals surface area contributed by atoms with Crippen LogP contribution in [-0.2, 0) is 0 Å². The fraction of sp³-hybridized carbons (Fsp3) is 0.667. The van der Waals surface area contributed by atoms with Gasteiger partial charge in [0.05, 0.1) is 0 Å². The van der Waals surface area contributed by atoms with E-state index < -0.39 is 0 Å². The van der Waals surface area contributed by atoms with Crippen molar-refractivity contribution in [2.75, 3.05) is 30.4 Å². The van der Waals surface area contributed by atoms with Crippen molar-refractivity contribution in [3.63, 3.8) is 0 Å². The van der Waals surface area contributed by atoms with E-state index in [-0.39, 0.29) is 0 Å². The summed E-state index contributed by atoms with van der Waals surface area (Å²) in [6.07, 6.45) is 5.53. The highest BCUT2D eigenvalue weighted by Gasteiger charge is 2.24. The van der Waals surface area contributed by atoms with Crippen molar-refractivity contribution < 1.29 is 0 Å². The standard InChI is InChI=1S/C12H19N5/c1-13-10-5-7-17(8-10)11-4-6-14-12(16-11)15-9-2-3-9/h4,6,9-10,13H,2-3,5,7-8H2,1H3,(H,14,15,16)/t10-/m0/s1. The molecule has 2 fully saturated rings. The first kappa shape index (κ1) is 10.8. The molecule has 0 amide bonds. The minimum atomic E-state index is 0.588. The molecule has 3 rings (SSSR count). The summed E-state index contributed by atoms with van der Waals surface area (Å²) >= 11 is 0. The van der Waals surface area contributed by atoms with E-state index in [4.69, 9.17) is 0 Å². The summed E-state index contributed by atoms with van der Waals surface area (Å²) < 4.78 is 0. The number of nitrogens with zero attached hydrogens (tertiary/aromatic N) is 3. The van der Waals surface area contributed by atoms with Gasteiger partial charge in [-0.05, 0) is 32.4 Å². The normalized spacial score (nSPS) is 24.1. The first-order valence-electron chi connectivity index (χ1n) is 6.37. The Morgan fingerprint density at radius 3 is 2.88 bits per heavy atom. The molecule has 2 N–H and O–H groups in total. The van der Waals surface area contributed by atoms with Crippen molar-refractivity contribution in [1.29, 1.82) is 0 Å². The van der Waals surface area contributed by atoms with Crippen molar-refractivity contribution in [3.8, 4) is 0 Å². The highest BCUT2D eigenvalue weighted by atomic mass is 15.3. The molecule has 92 valence electrons. The molecule has 0 unspecified atom stereocenters. The largest absolute Gasteiger partial charge is 0.355 e. The Hall–Kier alpha value is -1.36. The molecule has 2 aliphatic rings. The van der Waals surface area contributed by atoms with Crippen LogP contribution >= 0.6 is 0 Å². The van der Waals surface area contributed by atoms with E-state index in [9.17, 15) is 0 Å². The lowest BCUT2D eigenvalue weighted by Crippen LogP contribution is -2.30. The zero-order valence-electron chi connectivity index (χ0n) is 10.2. The monoisotopic (exact) mass is 233 g/mol. The highest BCUT2D eigenvalue weighted by Crippen LogP contribution is 2.24. The van der Waals surface area contributed by atoms with E-state index in [1.54, 1.807) is 0 Å². The Morgan fingerprint density at radius 1 is 1.29 bits per heavy atom. The Kier molecular flexibility index (Phi) is 2.84. The van der Waals surface area contributed by atoms with Crippen LogP contribution in [0.25, 0.3) is 0 Å². The summed E-state index contributed by atoms with van der Waals surface area (Å²) in [6.45, 7) is 2.11. The number of likely N-dealkylation sites (N-methyl/N-ethyl adjacent to an activating group) is 1. The Bertz CT molecular complexity index is 390. The summed E-state index contributed by atoms with van der Waals surface area (Å²) in [7, 11) is 2.02. The van der Waals surface area contributed by atoms with Gasteiger partial charge in [0.15, 0.2) is 0 Å². The van der Waals surface area contributed by atoms with Crippen LogP contribution in [-0.4, -0.2) is 42.2 Å². The number of nitrogens with one attached hydrogen (secondary N) is 2. The molecular formula is C12H19N5. The van der Waals surface area contributed by atoms with Gasteiger partial charge in [0, 0.05) is 31.4 Å². The molecule has 0 bridgehead atoms. The van der Waals surface area contributed by atoms with Crippen LogP contribution in [0.3, 0.4) is 0 Å². The fourth-order valence-electron chi connectivity index (χ4n) is 2.21. The van der Waals surface area contributed by atoms with Crippen molar-refractivity contribution in [2.24, 2.45) is 0 Å². The zero-order valence-corrected chi connectivity index (χ0v) is 10.2. The van der Waals surface area contributed by atoms with E-state index in [2.05, 4.69) is 25.5 Å².